The van der Waals surface area contributed by atoms with Gasteiger partial charge in [0, 0.05) is 18.8 Å². The molecule has 10 heteroatoms. The average Bonchev–Trinajstić information content (AvgIpc) is 3.06. The molecule has 0 radical (unpaired) electrons. The zero-order chi connectivity index (χ0) is 35.9. The van der Waals surface area contributed by atoms with Gasteiger partial charge in [0.2, 0.25) is 5.91 Å². The Kier molecular flexibility index (Phi) is 19.4. The van der Waals surface area contributed by atoms with Crippen molar-refractivity contribution in [1.82, 2.24) is 9.97 Å². The number of amides is 3. The smallest absolute Gasteiger partial charge is 0.259 e. The monoisotopic (exact) mass is 687 g/mol. The molecule has 0 saturated heterocycles. The van der Waals surface area contributed by atoms with Gasteiger partial charge >= 0.3 is 0 Å². The molecule has 2 heterocycles. The number of ether oxygens (including phenoxy) is 2. The molecule has 0 fully saturated rings. The van der Waals surface area contributed by atoms with Crippen LogP contribution in [0.4, 0.5) is 17.1 Å². The number of carbonyl (C=O) groups is 3. The van der Waals surface area contributed by atoms with Crippen LogP contribution in [0, 0.1) is 6.92 Å². The maximum Gasteiger partial charge on any atom is 0.259 e. The van der Waals surface area contributed by atoms with Crippen molar-refractivity contribution in [2.24, 2.45) is 0 Å². The molecule has 272 valence electrons. The molecule has 3 N–H and O–H groups in total. The van der Waals surface area contributed by atoms with Crippen LogP contribution in [-0.2, 0) is 16.8 Å². The predicted molar refractivity (Wildman–Crippen MR) is 207 cm³/mol. The van der Waals surface area contributed by atoms with E-state index in [2.05, 4.69) is 39.8 Å². The number of rotatable bonds is 9. The summed E-state index contributed by atoms with van der Waals surface area (Å²) < 4.78 is 11.3. The molecule has 0 saturated carbocycles. The molecule has 0 bridgehead atoms. The lowest BCUT2D eigenvalue weighted by atomic mass is 9.85. The van der Waals surface area contributed by atoms with E-state index in [-0.39, 0.29) is 43.4 Å². The second kappa shape index (κ2) is 21.7. The summed E-state index contributed by atoms with van der Waals surface area (Å²) in [6.07, 6.45) is 4.44. The van der Waals surface area contributed by atoms with Crippen molar-refractivity contribution in [2.75, 3.05) is 23.1 Å². The summed E-state index contributed by atoms with van der Waals surface area (Å²) in [5, 5.41) is 8.43. The number of aryl methyl sites for hydroxylation is 1. The normalized spacial score (nSPS) is 9.88. The first-order valence-electron chi connectivity index (χ1n) is 16.1. The van der Waals surface area contributed by atoms with E-state index in [4.69, 9.17) is 9.47 Å². The van der Waals surface area contributed by atoms with Crippen molar-refractivity contribution in [2.45, 2.75) is 95.6 Å². The minimum Gasteiger partial charge on any atom is -0.494 e. The molecular weight excluding hydrogens is 630 g/mol. The van der Waals surface area contributed by atoms with Crippen molar-refractivity contribution in [1.29, 1.82) is 0 Å². The number of aromatic nitrogens is 2. The Morgan fingerprint density at radius 1 is 0.800 bits per heavy atom. The van der Waals surface area contributed by atoms with Crippen LogP contribution < -0.4 is 25.4 Å². The van der Waals surface area contributed by atoms with Crippen molar-refractivity contribution in [3.63, 3.8) is 0 Å². The number of methoxy groups -OCH3 is 1. The number of hydrogen-bond acceptors (Lipinski definition) is 7. The largest absolute Gasteiger partial charge is 0.494 e. The molecule has 4 rings (SSSR count). The van der Waals surface area contributed by atoms with E-state index in [1.165, 1.54) is 26.7 Å². The molecule has 0 spiro atoms. The van der Waals surface area contributed by atoms with Crippen LogP contribution in [-0.4, -0.2) is 34.8 Å². The first-order valence-corrected chi connectivity index (χ1v) is 16.1. The summed E-state index contributed by atoms with van der Waals surface area (Å²) in [6.45, 7) is 17.7. The van der Waals surface area contributed by atoms with Gasteiger partial charge in [-0.1, -0.05) is 75.8 Å². The predicted octanol–water partition coefficient (Wildman–Crippen LogP) is 9.85. The Labute approximate surface area is 299 Å². The van der Waals surface area contributed by atoms with E-state index >= 15 is 0 Å². The lowest BCUT2D eigenvalue weighted by Crippen LogP contribution is -2.20. The first kappa shape index (κ1) is 44.8. The van der Waals surface area contributed by atoms with Crippen molar-refractivity contribution >= 4 is 34.8 Å². The number of benzene rings is 2. The van der Waals surface area contributed by atoms with Crippen LogP contribution in [0.1, 0.15) is 114 Å². The summed E-state index contributed by atoms with van der Waals surface area (Å²) in [5.41, 5.74) is 3.63. The molecule has 0 unspecified atom stereocenters. The van der Waals surface area contributed by atoms with Gasteiger partial charge in [0.25, 0.3) is 11.8 Å². The molecule has 10 nitrogen and oxygen atoms in total. The quantitative estimate of drug-likeness (QED) is 0.160. The molecule has 0 aliphatic carbocycles. The minimum absolute atomic E-state index is 0. The second-order valence-electron chi connectivity index (χ2n) is 11.6. The summed E-state index contributed by atoms with van der Waals surface area (Å²) in [5.74, 6) is -0.290. The van der Waals surface area contributed by atoms with E-state index in [1.807, 2.05) is 52.8 Å². The number of carbonyl (C=O) groups excluding carboxylic acids is 3. The van der Waals surface area contributed by atoms with Crippen LogP contribution in [0.5, 0.6) is 11.5 Å². The van der Waals surface area contributed by atoms with Crippen molar-refractivity contribution in [3.8, 4) is 11.5 Å². The maximum absolute atomic E-state index is 13.5. The van der Waals surface area contributed by atoms with Gasteiger partial charge < -0.3 is 25.4 Å². The fraction of sp³-hybridized carbons (Fsp3) is 0.375. The van der Waals surface area contributed by atoms with Gasteiger partial charge in [0.05, 0.1) is 47.2 Å². The van der Waals surface area contributed by atoms with Gasteiger partial charge in [-0.15, -0.1) is 0 Å². The van der Waals surface area contributed by atoms with Crippen LogP contribution in [0.3, 0.4) is 0 Å². The maximum atomic E-state index is 13.5. The third kappa shape index (κ3) is 13.3. The average molecular weight is 688 g/mol. The topological polar surface area (TPSA) is 132 Å². The van der Waals surface area contributed by atoms with Crippen molar-refractivity contribution in [3.05, 3.63) is 101 Å². The van der Waals surface area contributed by atoms with E-state index < -0.39 is 5.91 Å². The fourth-order valence-electron chi connectivity index (χ4n) is 4.24. The molecule has 2 aromatic carbocycles. The van der Waals surface area contributed by atoms with Crippen LogP contribution >= 0.6 is 0 Å². The highest BCUT2D eigenvalue weighted by Gasteiger charge is 2.24. The van der Waals surface area contributed by atoms with Gasteiger partial charge in [0.15, 0.2) is 5.75 Å². The Bertz CT molecular complexity index is 1650. The second-order valence-corrected chi connectivity index (χ2v) is 11.6. The van der Waals surface area contributed by atoms with Crippen LogP contribution in [0.25, 0.3) is 0 Å². The molecular formula is C40H57N5O5. The fourth-order valence-corrected chi connectivity index (χ4v) is 4.24. The highest BCUT2D eigenvalue weighted by atomic mass is 16.5. The Morgan fingerprint density at radius 2 is 1.40 bits per heavy atom. The molecule has 3 amide bonds. The minimum atomic E-state index is -0.479. The van der Waals surface area contributed by atoms with Gasteiger partial charge in [0.1, 0.15) is 12.4 Å². The van der Waals surface area contributed by atoms with Gasteiger partial charge in [-0.05, 0) is 72.5 Å². The van der Waals surface area contributed by atoms with Crippen LogP contribution in [0.2, 0.25) is 0 Å². The number of pyridine rings is 2. The SMILES string of the molecule is C.C.CC.CCC.COc1c(NC(C)=O)cc(C(C)(C)C)cc1C(=O)Nc1cnc(C)c(C(=O)Nc2ccc(OCc3ccccn3)cc2)c1. The number of anilines is 3. The Morgan fingerprint density at radius 3 is 1.94 bits per heavy atom. The Hall–Kier alpha value is -5.25. The standard InChI is InChI=1S/C33H35N5O5.C3H8.C2H6.2CH4/c1-20-27(31(40)37-23-10-12-26(13-11-23)43-19-24-9-7-8-14-34-24)17-25(18-35-20)38-32(41)28-15-22(33(3,4)5)16-29(30(28)42-6)36-21(2)39;1-3-2;1-2;;/h7-18H,19H2,1-6H3,(H,36,39)(H,37,40)(H,38,41);3H2,1-2H3;1-2H3;2*1H4. The number of nitrogens with zero attached hydrogens (tertiary/aromatic N) is 2. The van der Waals surface area contributed by atoms with Gasteiger partial charge in [-0.2, -0.15) is 0 Å². The van der Waals surface area contributed by atoms with E-state index in [0.29, 0.717) is 40.7 Å². The van der Waals surface area contributed by atoms with Crippen molar-refractivity contribution < 1.29 is 23.9 Å². The lowest BCUT2D eigenvalue weighted by Gasteiger charge is -2.23. The highest BCUT2D eigenvalue weighted by molar-refractivity contribution is 6.10. The molecule has 0 aliphatic heterocycles. The molecule has 0 atom stereocenters. The first-order chi connectivity index (χ1) is 22.9. The van der Waals surface area contributed by atoms with E-state index in [1.54, 1.807) is 55.6 Å². The Balaban J connectivity index is 0.00000325. The third-order valence-electron chi connectivity index (χ3n) is 6.53. The van der Waals surface area contributed by atoms with E-state index in [0.717, 1.165) is 11.3 Å². The molecule has 4 aromatic rings. The van der Waals surface area contributed by atoms with Gasteiger partial charge in [-0.3, -0.25) is 24.4 Å². The highest BCUT2D eigenvalue weighted by Crippen LogP contribution is 2.36. The third-order valence-corrected chi connectivity index (χ3v) is 6.53. The summed E-state index contributed by atoms with van der Waals surface area (Å²) in [6, 6.07) is 17.7. The van der Waals surface area contributed by atoms with E-state index in [9.17, 15) is 14.4 Å². The summed E-state index contributed by atoms with van der Waals surface area (Å²) >= 11 is 0. The van der Waals surface area contributed by atoms with Gasteiger partial charge in [-0.25, -0.2) is 0 Å². The summed E-state index contributed by atoms with van der Waals surface area (Å²) in [7, 11) is 1.43. The molecule has 50 heavy (non-hydrogen) atoms. The zero-order valence-electron chi connectivity index (χ0n) is 29.8. The van der Waals surface area contributed by atoms with Crippen LogP contribution in [0.15, 0.2) is 73.1 Å². The lowest BCUT2D eigenvalue weighted by molar-refractivity contribution is -0.114. The zero-order valence-corrected chi connectivity index (χ0v) is 29.8. The molecule has 0 aliphatic rings. The summed E-state index contributed by atoms with van der Waals surface area (Å²) in [4.78, 5) is 47.1. The number of nitrogens with one attached hydrogen (secondary N) is 3. The number of hydrogen-bond donors (Lipinski definition) is 3. The molecule has 2 aromatic heterocycles.